The summed E-state index contributed by atoms with van der Waals surface area (Å²) < 4.78 is 0. The zero-order chi connectivity index (χ0) is 17.9. The van der Waals surface area contributed by atoms with Crippen LogP contribution in [0.3, 0.4) is 0 Å². The molecule has 1 aliphatic heterocycles. The van der Waals surface area contributed by atoms with E-state index in [1.165, 1.54) is 6.33 Å². The summed E-state index contributed by atoms with van der Waals surface area (Å²) in [5, 5.41) is 9.39. The minimum absolute atomic E-state index is 0.0156. The molecular weight excluding hydrogens is 318 g/mol. The van der Waals surface area contributed by atoms with E-state index in [1.54, 1.807) is 18.0 Å². The van der Waals surface area contributed by atoms with Gasteiger partial charge in [0, 0.05) is 18.7 Å². The number of hydrogen-bond acceptors (Lipinski definition) is 3. The van der Waals surface area contributed by atoms with Crippen molar-refractivity contribution < 1.29 is 14.7 Å². The van der Waals surface area contributed by atoms with Gasteiger partial charge in [0.15, 0.2) is 0 Å². The van der Waals surface area contributed by atoms with Gasteiger partial charge in [-0.25, -0.2) is 4.98 Å². The molecule has 1 saturated heterocycles. The van der Waals surface area contributed by atoms with Crippen LogP contribution in [0.15, 0.2) is 42.9 Å². The minimum atomic E-state index is -0.946. The number of aliphatic carboxylic acids is 1. The van der Waals surface area contributed by atoms with E-state index in [-0.39, 0.29) is 18.2 Å². The molecular formula is C19H23N3O3. The number of likely N-dealkylation sites (tertiary alicyclic amines) is 1. The standard InChI is InChI=1S/C19H23N3O3/c1-19(11-17(23)24,16-12-20-13-21-16)22-9-5-8-15(18(22)25)10-14-6-3-2-4-7-14/h2-4,6-7,12-13,15H,5,8-11H2,1H3,(H,20,21)(H,23,24)/t15-,19?/m0/s1. The predicted molar refractivity (Wildman–Crippen MR) is 92.8 cm³/mol. The second-order valence-electron chi connectivity index (χ2n) is 6.82. The number of carboxylic acids is 1. The number of nitrogens with zero attached hydrogens (tertiary/aromatic N) is 2. The van der Waals surface area contributed by atoms with Gasteiger partial charge < -0.3 is 15.0 Å². The highest BCUT2D eigenvalue weighted by molar-refractivity contribution is 5.82. The summed E-state index contributed by atoms with van der Waals surface area (Å²) in [6, 6.07) is 9.95. The molecule has 1 aromatic carbocycles. The van der Waals surface area contributed by atoms with E-state index in [0.717, 1.165) is 18.4 Å². The average Bonchev–Trinajstić information content (AvgIpc) is 3.12. The maximum atomic E-state index is 13.1. The summed E-state index contributed by atoms with van der Waals surface area (Å²) in [7, 11) is 0. The molecule has 25 heavy (non-hydrogen) atoms. The van der Waals surface area contributed by atoms with Crippen LogP contribution in [0.1, 0.15) is 37.4 Å². The lowest BCUT2D eigenvalue weighted by Crippen LogP contribution is -2.54. The molecule has 0 saturated carbocycles. The van der Waals surface area contributed by atoms with Gasteiger partial charge in [0.1, 0.15) is 0 Å². The molecule has 1 aliphatic rings. The topological polar surface area (TPSA) is 86.3 Å². The molecule has 6 nitrogen and oxygen atoms in total. The number of nitrogens with one attached hydrogen (secondary N) is 1. The van der Waals surface area contributed by atoms with Gasteiger partial charge in [-0.2, -0.15) is 0 Å². The Balaban J connectivity index is 1.86. The highest BCUT2D eigenvalue weighted by Gasteiger charge is 2.44. The third kappa shape index (κ3) is 3.57. The Labute approximate surface area is 146 Å². The monoisotopic (exact) mass is 341 g/mol. The van der Waals surface area contributed by atoms with Gasteiger partial charge in [-0.1, -0.05) is 30.3 Å². The second-order valence-corrected chi connectivity index (χ2v) is 6.82. The van der Waals surface area contributed by atoms with Crippen molar-refractivity contribution in [2.45, 2.75) is 38.1 Å². The molecule has 2 N–H and O–H groups in total. The van der Waals surface area contributed by atoms with E-state index in [9.17, 15) is 14.7 Å². The molecule has 1 fully saturated rings. The van der Waals surface area contributed by atoms with Crippen LogP contribution in [0, 0.1) is 5.92 Å². The van der Waals surface area contributed by atoms with E-state index in [0.29, 0.717) is 18.7 Å². The third-order valence-corrected chi connectivity index (χ3v) is 5.02. The fraction of sp³-hybridized carbons (Fsp3) is 0.421. The number of aromatic amines is 1. The first-order valence-corrected chi connectivity index (χ1v) is 8.57. The van der Waals surface area contributed by atoms with Gasteiger partial charge in [-0.05, 0) is 31.7 Å². The first-order chi connectivity index (χ1) is 12.0. The Bertz CT molecular complexity index is 730. The van der Waals surface area contributed by atoms with E-state index < -0.39 is 11.5 Å². The van der Waals surface area contributed by atoms with Gasteiger partial charge in [0.25, 0.3) is 0 Å². The summed E-state index contributed by atoms with van der Waals surface area (Å²) >= 11 is 0. The minimum Gasteiger partial charge on any atom is -0.481 e. The Kier molecular flexibility index (Phi) is 4.88. The summed E-state index contributed by atoms with van der Waals surface area (Å²) in [5.41, 5.74) is 0.768. The average molecular weight is 341 g/mol. The Morgan fingerprint density at radius 1 is 1.40 bits per heavy atom. The number of rotatable bonds is 6. The van der Waals surface area contributed by atoms with Crippen molar-refractivity contribution in [3.63, 3.8) is 0 Å². The molecule has 2 aromatic rings. The number of carboxylic acid groups (broad SMARTS) is 1. The molecule has 3 rings (SSSR count). The van der Waals surface area contributed by atoms with Crippen molar-refractivity contribution in [1.82, 2.24) is 14.9 Å². The lowest BCUT2D eigenvalue weighted by atomic mass is 9.84. The van der Waals surface area contributed by atoms with E-state index in [1.807, 2.05) is 30.3 Å². The molecule has 0 spiro atoms. The molecule has 2 heterocycles. The van der Waals surface area contributed by atoms with Gasteiger partial charge in [0.05, 0.1) is 24.0 Å². The molecule has 1 amide bonds. The van der Waals surface area contributed by atoms with Gasteiger partial charge in [-0.3, -0.25) is 9.59 Å². The van der Waals surface area contributed by atoms with Crippen LogP contribution in [0.5, 0.6) is 0 Å². The van der Waals surface area contributed by atoms with Crippen molar-refractivity contribution in [3.05, 3.63) is 54.1 Å². The summed E-state index contributed by atoms with van der Waals surface area (Å²) in [6.45, 7) is 2.35. The molecule has 1 unspecified atom stereocenters. The van der Waals surface area contributed by atoms with Crippen LogP contribution in [-0.2, 0) is 21.5 Å². The number of amides is 1. The Morgan fingerprint density at radius 3 is 2.80 bits per heavy atom. The van der Waals surface area contributed by atoms with Crippen LogP contribution >= 0.6 is 0 Å². The number of carbonyl (C=O) groups excluding carboxylic acids is 1. The number of imidazole rings is 1. The van der Waals surface area contributed by atoms with Crippen LogP contribution < -0.4 is 0 Å². The molecule has 6 heteroatoms. The first kappa shape index (κ1) is 17.2. The number of benzene rings is 1. The van der Waals surface area contributed by atoms with Crippen molar-refractivity contribution in [3.8, 4) is 0 Å². The van der Waals surface area contributed by atoms with Gasteiger partial charge in [-0.15, -0.1) is 0 Å². The lowest BCUT2D eigenvalue weighted by Gasteiger charge is -2.44. The molecule has 0 radical (unpaired) electrons. The number of aromatic nitrogens is 2. The molecule has 132 valence electrons. The predicted octanol–water partition coefficient (Wildman–Crippen LogP) is 2.58. The molecule has 0 aliphatic carbocycles. The van der Waals surface area contributed by atoms with Crippen molar-refractivity contribution >= 4 is 11.9 Å². The normalized spacial score (nSPS) is 20.3. The number of hydrogen-bond donors (Lipinski definition) is 2. The zero-order valence-electron chi connectivity index (χ0n) is 14.3. The second kappa shape index (κ2) is 7.09. The fourth-order valence-corrected chi connectivity index (χ4v) is 3.70. The van der Waals surface area contributed by atoms with Crippen LogP contribution in [0.4, 0.5) is 0 Å². The summed E-state index contributed by atoms with van der Waals surface area (Å²) in [4.78, 5) is 33.4. The highest BCUT2D eigenvalue weighted by Crippen LogP contribution is 2.36. The van der Waals surface area contributed by atoms with Crippen LogP contribution in [0.2, 0.25) is 0 Å². The highest BCUT2D eigenvalue weighted by atomic mass is 16.4. The molecule has 1 aromatic heterocycles. The maximum absolute atomic E-state index is 13.1. The molecule has 0 bridgehead atoms. The van der Waals surface area contributed by atoms with Crippen molar-refractivity contribution in [2.75, 3.05) is 6.54 Å². The van der Waals surface area contributed by atoms with E-state index >= 15 is 0 Å². The summed E-state index contributed by atoms with van der Waals surface area (Å²) in [5.74, 6) is -1.05. The van der Waals surface area contributed by atoms with Gasteiger partial charge in [0.2, 0.25) is 5.91 Å². The van der Waals surface area contributed by atoms with Crippen molar-refractivity contribution in [2.24, 2.45) is 5.92 Å². The number of H-pyrrole nitrogens is 1. The van der Waals surface area contributed by atoms with Crippen LogP contribution in [-0.4, -0.2) is 38.4 Å². The molecule has 2 atom stereocenters. The number of piperidine rings is 1. The Morgan fingerprint density at radius 2 is 2.16 bits per heavy atom. The Hall–Kier alpha value is -2.63. The van der Waals surface area contributed by atoms with E-state index in [4.69, 9.17) is 0 Å². The number of carbonyl (C=O) groups is 2. The third-order valence-electron chi connectivity index (χ3n) is 5.02. The van der Waals surface area contributed by atoms with E-state index in [2.05, 4.69) is 9.97 Å². The quantitative estimate of drug-likeness (QED) is 0.845. The fourth-order valence-electron chi connectivity index (χ4n) is 3.70. The first-order valence-electron chi connectivity index (χ1n) is 8.57. The van der Waals surface area contributed by atoms with Crippen molar-refractivity contribution in [1.29, 1.82) is 0 Å². The van der Waals surface area contributed by atoms with Gasteiger partial charge >= 0.3 is 5.97 Å². The smallest absolute Gasteiger partial charge is 0.306 e. The summed E-state index contributed by atoms with van der Waals surface area (Å²) in [6.07, 6.45) is 5.40. The SMILES string of the molecule is CC(CC(=O)O)(c1c[nH]cn1)N1CCC[C@@H](Cc2ccccc2)C1=O. The van der Waals surface area contributed by atoms with Crippen LogP contribution in [0.25, 0.3) is 0 Å². The largest absolute Gasteiger partial charge is 0.481 e. The lowest BCUT2D eigenvalue weighted by molar-refractivity contribution is -0.150. The maximum Gasteiger partial charge on any atom is 0.306 e. The zero-order valence-corrected chi connectivity index (χ0v) is 14.3.